The van der Waals surface area contributed by atoms with Crippen LogP contribution in [0.1, 0.15) is 28.0 Å². The zero-order chi connectivity index (χ0) is 19.5. The molecule has 0 unspecified atom stereocenters. The molecule has 0 aliphatic rings. The highest BCUT2D eigenvalue weighted by atomic mass is 19.4. The summed E-state index contributed by atoms with van der Waals surface area (Å²) >= 11 is 0. The van der Waals surface area contributed by atoms with Gasteiger partial charge in [0.25, 0.3) is 0 Å². The number of alkyl halides is 6. The predicted molar refractivity (Wildman–Crippen MR) is 75.0 cm³/mol. The lowest BCUT2D eigenvalue weighted by Gasteiger charge is -2.11. The summed E-state index contributed by atoms with van der Waals surface area (Å²) in [7, 11) is 0. The van der Waals surface area contributed by atoms with E-state index in [0.29, 0.717) is 17.7 Å². The van der Waals surface area contributed by atoms with Gasteiger partial charge in [0.2, 0.25) is 0 Å². The summed E-state index contributed by atoms with van der Waals surface area (Å²) in [5, 5.41) is 0. The Hall–Kier alpha value is -2.65. The van der Waals surface area contributed by atoms with Crippen LogP contribution in [0, 0.1) is 5.82 Å². The number of benzene rings is 1. The number of hydrogen-bond donors (Lipinski definition) is 0. The van der Waals surface area contributed by atoms with Crippen LogP contribution in [0.5, 0.6) is 5.75 Å². The zero-order valence-corrected chi connectivity index (χ0v) is 12.8. The van der Waals surface area contributed by atoms with Crippen molar-refractivity contribution >= 4 is 5.78 Å². The highest BCUT2D eigenvalue weighted by molar-refractivity contribution is 5.96. The third-order valence-electron chi connectivity index (χ3n) is 3.23. The molecule has 0 fully saturated rings. The van der Waals surface area contributed by atoms with Crippen molar-refractivity contribution in [3.05, 3.63) is 59.2 Å². The topological polar surface area (TPSA) is 39.2 Å². The van der Waals surface area contributed by atoms with Gasteiger partial charge in [-0.15, -0.1) is 13.2 Å². The van der Waals surface area contributed by atoms with Crippen molar-refractivity contribution in [2.75, 3.05) is 0 Å². The van der Waals surface area contributed by atoms with Gasteiger partial charge in [0.1, 0.15) is 5.69 Å². The summed E-state index contributed by atoms with van der Waals surface area (Å²) in [6, 6.07) is 4.18. The Kier molecular flexibility index (Phi) is 5.53. The normalized spacial score (nSPS) is 12.1. The number of carbonyl (C=O) groups excluding carboxylic acids is 1. The molecule has 0 saturated heterocycles. The van der Waals surface area contributed by atoms with E-state index in [-0.39, 0.29) is 18.4 Å². The van der Waals surface area contributed by atoms with Gasteiger partial charge in [-0.05, 0) is 36.2 Å². The Morgan fingerprint density at radius 3 is 2.27 bits per heavy atom. The second-order valence-corrected chi connectivity index (χ2v) is 5.17. The van der Waals surface area contributed by atoms with Crippen molar-refractivity contribution in [1.82, 2.24) is 4.98 Å². The van der Waals surface area contributed by atoms with E-state index < -0.39 is 35.6 Å². The lowest BCUT2D eigenvalue weighted by molar-refractivity contribution is -0.275. The van der Waals surface area contributed by atoms with E-state index in [4.69, 9.17) is 0 Å². The number of Topliss-reactive ketones (excluding diaryl/α,β-unsaturated/α-hetero) is 1. The highest BCUT2D eigenvalue weighted by Gasteiger charge is 2.33. The molecule has 0 spiro atoms. The first-order valence-corrected chi connectivity index (χ1v) is 7.06. The van der Waals surface area contributed by atoms with Crippen molar-refractivity contribution in [1.29, 1.82) is 0 Å². The van der Waals surface area contributed by atoms with E-state index in [1.165, 1.54) is 0 Å². The summed E-state index contributed by atoms with van der Waals surface area (Å²) in [6.45, 7) is 0. The molecule has 1 heterocycles. The number of hydrogen-bond acceptors (Lipinski definition) is 3. The number of nitrogens with zero attached hydrogens (tertiary/aromatic N) is 1. The molecule has 2 rings (SSSR count). The van der Waals surface area contributed by atoms with Crippen LogP contribution in [0.2, 0.25) is 0 Å². The van der Waals surface area contributed by atoms with Crippen molar-refractivity contribution in [3.63, 3.8) is 0 Å². The van der Waals surface area contributed by atoms with Gasteiger partial charge in [0, 0.05) is 18.2 Å². The third-order valence-corrected chi connectivity index (χ3v) is 3.23. The van der Waals surface area contributed by atoms with Crippen molar-refractivity contribution in [2.45, 2.75) is 25.4 Å². The van der Waals surface area contributed by atoms with Crippen LogP contribution in [0.15, 0.2) is 36.5 Å². The molecule has 10 heteroatoms. The van der Waals surface area contributed by atoms with Crippen LogP contribution in [0.4, 0.5) is 30.7 Å². The Bertz CT molecular complexity index is 783. The van der Waals surface area contributed by atoms with Crippen LogP contribution in [0.25, 0.3) is 0 Å². The summed E-state index contributed by atoms with van der Waals surface area (Å²) in [5.41, 5.74) is -0.967. The Balaban J connectivity index is 2.05. The Labute approximate surface area is 142 Å². The monoisotopic (exact) mass is 381 g/mol. The summed E-state index contributed by atoms with van der Waals surface area (Å²) in [6.07, 6.45) is -8.95. The largest absolute Gasteiger partial charge is 0.573 e. The summed E-state index contributed by atoms with van der Waals surface area (Å²) in [5.74, 6) is -3.05. The number of ether oxygens (including phenoxy) is 1. The van der Waals surface area contributed by atoms with Crippen LogP contribution in [0.3, 0.4) is 0 Å². The Morgan fingerprint density at radius 1 is 1.04 bits per heavy atom. The van der Waals surface area contributed by atoms with Gasteiger partial charge >= 0.3 is 12.5 Å². The van der Waals surface area contributed by atoms with Crippen LogP contribution in [-0.4, -0.2) is 17.1 Å². The lowest BCUT2D eigenvalue weighted by Crippen LogP contribution is -2.18. The number of pyridine rings is 1. The molecule has 0 atom stereocenters. The number of aryl methyl sites for hydroxylation is 1. The molecule has 2 aromatic rings. The molecular weight excluding hydrogens is 371 g/mol. The molecule has 1 aromatic heterocycles. The zero-order valence-electron chi connectivity index (χ0n) is 12.8. The highest BCUT2D eigenvalue weighted by Crippen LogP contribution is 2.28. The second kappa shape index (κ2) is 7.30. The van der Waals surface area contributed by atoms with Crippen molar-refractivity contribution in [2.24, 2.45) is 0 Å². The average molecular weight is 381 g/mol. The maximum atomic E-state index is 13.3. The maximum Gasteiger partial charge on any atom is 0.573 e. The molecule has 0 saturated carbocycles. The lowest BCUT2D eigenvalue weighted by atomic mass is 10.0. The molecule has 140 valence electrons. The molecule has 26 heavy (non-hydrogen) atoms. The minimum atomic E-state index is -5.12. The number of carbonyl (C=O) groups is 1. The minimum Gasteiger partial charge on any atom is -0.403 e. The maximum absolute atomic E-state index is 13.3. The van der Waals surface area contributed by atoms with Gasteiger partial charge in [0.05, 0.1) is 0 Å². The standard InChI is InChI=1S/C16H10F7NO2/c17-11-4-3-10(7-13(11)26-16(21,22)23)12(25)5-1-9-2-6-14(24-8-9)15(18,19)20/h2-4,6-8H,1,5H2. The Morgan fingerprint density at radius 2 is 1.73 bits per heavy atom. The molecule has 0 bridgehead atoms. The first kappa shape index (κ1) is 19.7. The first-order chi connectivity index (χ1) is 12.0. The van der Waals surface area contributed by atoms with E-state index in [2.05, 4.69) is 9.72 Å². The van der Waals surface area contributed by atoms with Gasteiger partial charge in [0.15, 0.2) is 17.3 Å². The minimum absolute atomic E-state index is 0.0107. The molecule has 3 nitrogen and oxygen atoms in total. The quantitative estimate of drug-likeness (QED) is 0.543. The number of aromatic nitrogens is 1. The number of halogens is 7. The summed E-state index contributed by atoms with van der Waals surface area (Å²) < 4.78 is 90.5. The van der Waals surface area contributed by atoms with Crippen LogP contribution < -0.4 is 4.74 Å². The fraction of sp³-hybridized carbons (Fsp3) is 0.250. The van der Waals surface area contributed by atoms with Crippen molar-refractivity contribution in [3.8, 4) is 5.75 Å². The van der Waals surface area contributed by atoms with E-state index in [0.717, 1.165) is 24.4 Å². The summed E-state index contributed by atoms with van der Waals surface area (Å²) in [4.78, 5) is 15.2. The third kappa shape index (κ3) is 5.43. The van der Waals surface area contributed by atoms with E-state index >= 15 is 0 Å². The first-order valence-electron chi connectivity index (χ1n) is 7.06. The molecule has 0 radical (unpaired) electrons. The fourth-order valence-corrected chi connectivity index (χ4v) is 2.02. The van der Waals surface area contributed by atoms with Gasteiger partial charge in [-0.1, -0.05) is 6.07 Å². The smallest absolute Gasteiger partial charge is 0.403 e. The molecular formula is C16H10F7NO2. The molecule has 0 amide bonds. The SMILES string of the molecule is O=C(CCc1ccc(C(F)(F)F)nc1)c1ccc(F)c(OC(F)(F)F)c1. The number of rotatable bonds is 5. The van der Waals surface area contributed by atoms with E-state index in [9.17, 15) is 35.5 Å². The average Bonchev–Trinajstić information content (AvgIpc) is 2.53. The van der Waals surface area contributed by atoms with Gasteiger partial charge in [-0.2, -0.15) is 13.2 Å². The molecule has 0 aliphatic heterocycles. The van der Waals surface area contributed by atoms with Gasteiger partial charge in [-0.3, -0.25) is 9.78 Å². The number of ketones is 1. The van der Waals surface area contributed by atoms with E-state index in [1.807, 2.05) is 0 Å². The fourth-order valence-electron chi connectivity index (χ4n) is 2.02. The second-order valence-electron chi connectivity index (χ2n) is 5.17. The van der Waals surface area contributed by atoms with Gasteiger partial charge < -0.3 is 4.74 Å². The van der Waals surface area contributed by atoms with Crippen molar-refractivity contribution < 1.29 is 40.3 Å². The molecule has 0 N–H and O–H groups in total. The predicted octanol–water partition coefficient (Wildman–Crippen LogP) is 4.95. The van der Waals surface area contributed by atoms with E-state index in [1.54, 1.807) is 0 Å². The molecule has 1 aromatic carbocycles. The molecule has 0 aliphatic carbocycles. The van der Waals surface area contributed by atoms with Crippen LogP contribution >= 0.6 is 0 Å². The van der Waals surface area contributed by atoms with Crippen LogP contribution in [-0.2, 0) is 12.6 Å². The van der Waals surface area contributed by atoms with Gasteiger partial charge in [-0.25, -0.2) is 4.39 Å².